The van der Waals surface area contributed by atoms with Gasteiger partial charge in [0.25, 0.3) is 3.79 Å². The Morgan fingerprint density at radius 2 is 1.86 bits per heavy atom. The topological polar surface area (TPSA) is 33.1 Å². The molecule has 1 N–H and O–H groups in total. The molecule has 0 aliphatic heterocycles. The number of benzene rings is 1. The first kappa shape index (κ1) is 17.3. The number of thioether (sulfide) groups is 1. The smallest absolute Gasteiger partial charge is 0.265 e. The number of nitrogens with one attached hydrogen (secondary N) is 1. The first-order valence-corrected chi connectivity index (χ1v) is 9.13. The van der Waals surface area contributed by atoms with Gasteiger partial charge in [0, 0.05) is 11.0 Å². The predicted octanol–water partition coefficient (Wildman–Crippen LogP) is 5.60. The Morgan fingerprint density at radius 1 is 1.19 bits per heavy atom. The summed E-state index contributed by atoms with van der Waals surface area (Å²) in [4.78, 5) is 0. The first-order valence-electron chi connectivity index (χ1n) is 6.95. The molecule has 1 fully saturated rings. The highest BCUT2D eigenvalue weighted by molar-refractivity contribution is 7.99. The second kappa shape index (κ2) is 7.96. The van der Waals surface area contributed by atoms with E-state index in [-0.39, 0.29) is 12.0 Å². The van der Waals surface area contributed by atoms with E-state index in [1.165, 1.54) is 12.0 Å². The summed E-state index contributed by atoms with van der Waals surface area (Å²) >= 11 is 19.0. The SMILES string of the molecule is N=C(O[C@@H]1CCCC[C@H]1SCc1ccccc1)C(Cl)(Cl)Cl. The molecule has 0 bridgehead atoms. The zero-order valence-electron chi connectivity index (χ0n) is 11.5. The molecule has 2 rings (SSSR count). The van der Waals surface area contributed by atoms with Gasteiger partial charge in [0.2, 0.25) is 5.90 Å². The third-order valence-corrected chi connectivity index (χ3v) is 5.46. The quantitative estimate of drug-likeness (QED) is 0.428. The molecular weight excluding hydrogens is 349 g/mol. The van der Waals surface area contributed by atoms with Crippen LogP contribution in [0.1, 0.15) is 31.2 Å². The Kier molecular flexibility index (Phi) is 6.54. The standard InChI is InChI=1S/C15H18Cl3NOS/c16-15(17,18)14(19)20-12-8-4-5-9-13(12)21-10-11-6-2-1-3-7-11/h1-3,6-7,12-13,19H,4-5,8-10H2/t12-,13-/m1/s1. The van der Waals surface area contributed by atoms with E-state index in [0.717, 1.165) is 25.0 Å². The highest BCUT2D eigenvalue weighted by atomic mass is 35.6. The monoisotopic (exact) mass is 365 g/mol. The van der Waals surface area contributed by atoms with Gasteiger partial charge in [-0.2, -0.15) is 0 Å². The van der Waals surface area contributed by atoms with Crippen LogP contribution in [0.2, 0.25) is 0 Å². The molecule has 21 heavy (non-hydrogen) atoms. The van der Waals surface area contributed by atoms with Crippen molar-refractivity contribution in [3.8, 4) is 0 Å². The molecule has 1 aliphatic rings. The lowest BCUT2D eigenvalue weighted by molar-refractivity contribution is 0.145. The fourth-order valence-electron chi connectivity index (χ4n) is 2.38. The van der Waals surface area contributed by atoms with Gasteiger partial charge in [-0.05, 0) is 24.8 Å². The van der Waals surface area contributed by atoms with Gasteiger partial charge in [0.15, 0.2) is 0 Å². The summed E-state index contributed by atoms with van der Waals surface area (Å²) in [7, 11) is 0. The summed E-state index contributed by atoms with van der Waals surface area (Å²) in [5.74, 6) is 0.664. The van der Waals surface area contributed by atoms with Crippen molar-refractivity contribution < 1.29 is 4.74 Å². The molecule has 0 aromatic heterocycles. The van der Waals surface area contributed by atoms with Gasteiger partial charge in [0.05, 0.1) is 0 Å². The van der Waals surface area contributed by atoms with E-state index in [4.69, 9.17) is 44.9 Å². The summed E-state index contributed by atoms with van der Waals surface area (Å²) < 4.78 is 3.85. The van der Waals surface area contributed by atoms with Crippen LogP contribution in [-0.2, 0) is 10.5 Å². The van der Waals surface area contributed by atoms with Crippen LogP contribution in [0.25, 0.3) is 0 Å². The van der Waals surface area contributed by atoms with E-state index < -0.39 is 3.79 Å². The van der Waals surface area contributed by atoms with Gasteiger partial charge < -0.3 is 4.74 Å². The van der Waals surface area contributed by atoms with Gasteiger partial charge in [-0.1, -0.05) is 71.6 Å². The van der Waals surface area contributed by atoms with Crippen molar-refractivity contribution in [1.82, 2.24) is 0 Å². The number of alkyl halides is 3. The minimum Gasteiger partial charge on any atom is -0.474 e. The summed E-state index contributed by atoms with van der Waals surface area (Å²) in [6.07, 6.45) is 4.23. The summed E-state index contributed by atoms with van der Waals surface area (Å²) in [6, 6.07) is 10.3. The van der Waals surface area contributed by atoms with E-state index in [1.807, 2.05) is 30.0 Å². The van der Waals surface area contributed by atoms with Crippen molar-refractivity contribution >= 4 is 52.5 Å². The molecule has 1 aliphatic carbocycles. The Labute approximate surface area is 145 Å². The fraction of sp³-hybridized carbons (Fsp3) is 0.533. The van der Waals surface area contributed by atoms with Crippen molar-refractivity contribution in [3.63, 3.8) is 0 Å². The predicted molar refractivity (Wildman–Crippen MR) is 92.9 cm³/mol. The van der Waals surface area contributed by atoms with Crippen molar-refractivity contribution in [2.24, 2.45) is 0 Å². The van der Waals surface area contributed by atoms with Crippen LogP contribution in [0.5, 0.6) is 0 Å². The average molecular weight is 367 g/mol. The lowest BCUT2D eigenvalue weighted by atomic mass is 9.97. The Bertz CT molecular complexity index is 464. The van der Waals surface area contributed by atoms with Gasteiger partial charge in [-0.3, -0.25) is 5.41 Å². The zero-order valence-corrected chi connectivity index (χ0v) is 14.6. The van der Waals surface area contributed by atoms with Crippen molar-refractivity contribution in [3.05, 3.63) is 35.9 Å². The molecule has 2 atom stereocenters. The molecule has 116 valence electrons. The van der Waals surface area contributed by atoms with E-state index in [9.17, 15) is 0 Å². The second-order valence-electron chi connectivity index (χ2n) is 5.10. The number of halogens is 3. The maximum absolute atomic E-state index is 7.74. The van der Waals surface area contributed by atoms with Crippen LogP contribution in [-0.4, -0.2) is 21.0 Å². The highest BCUT2D eigenvalue weighted by Crippen LogP contribution is 2.35. The maximum atomic E-state index is 7.74. The molecule has 0 amide bonds. The summed E-state index contributed by atoms with van der Waals surface area (Å²) in [6.45, 7) is 0. The largest absolute Gasteiger partial charge is 0.474 e. The number of ether oxygens (including phenoxy) is 1. The molecule has 2 nitrogen and oxygen atoms in total. The van der Waals surface area contributed by atoms with Crippen molar-refractivity contribution in [1.29, 1.82) is 5.41 Å². The van der Waals surface area contributed by atoms with Gasteiger partial charge in [0.1, 0.15) is 6.10 Å². The highest BCUT2D eigenvalue weighted by Gasteiger charge is 2.34. The van der Waals surface area contributed by atoms with Gasteiger partial charge >= 0.3 is 0 Å². The normalized spacial score (nSPS) is 22.8. The number of rotatable bonds is 4. The van der Waals surface area contributed by atoms with E-state index in [2.05, 4.69) is 12.1 Å². The lowest BCUT2D eigenvalue weighted by Crippen LogP contribution is -2.35. The minimum atomic E-state index is -1.77. The molecule has 6 heteroatoms. The van der Waals surface area contributed by atoms with E-state index >= 15 is 0 Å². The lowest BCUT2D eigenvalue weighted by Gasteiger charge is -2.32. The van der Waals surface area contributed by atoms with Crippen LogP contribution in [0.4, 0.5) is 0 Å². The molecule has 0 heterocycles. The third-order valence-electron chi connectivity index (χ3n) is 3.48. The van der Waals surface area contributed by atoms with E-state index in [1.54, 1.807) is 0 Å². The van der Waals surface area contributed by atoms with Crippen LogP contribution in [0.3, 0.4) is 0 Å². The van der Waals surface area contributed by atoms with Crippen LogP contribution in [0, 0.1) is 5.41 Å². The molecule has 1 aromatic rings. The fourth-order valence-corrected chi connectivity index (χ4v) is 3.86. The van der Waals surface area contributed by atoms with E-state index in [0.29, 0.717) is 5.25 Å². The molecule has 0 unspecified atom stereocenters. The Morgan fingerprint density at radius 3 is 2.52 bits per heavy atom. The summed E-state index contributed by atoms with van der Waals surface area (Å²) in [5.41, 5.74) is 1.29. The minimum absolute atomic E-state index is 0.0458. The molecule has 0 saturated heterocycles. The van der Waals surface area contributed by atoms with Crippen molar-refractivity contribution in [2.75, 3.05) is 0 Å². The molecular formula is C15H18Cl3NOS. The van der Waals surface area contributed by atoms with Crippen molar-refractivity contribution in [2.45, 2.75) is 46.6 Å². The molecule has 1 saturated carbocycles. The third kappa shape index (κ3) is 5.55. The second-order valence-corrected chi connectivity index (χ2v) is 8.61. The Hall–Kier alpha value is -0.0900. The Balaban J connectivity index is 1.91. The number of hydrogen-bond acceptors (Lipinski definition) is 3. The van der Waals surface area contributed by atoms with Crippen LogP contribution < -0.4 is 0 Å². The van der Waals surface area contributed by atoms with Crippen LogP contribution in [0.15, 0.2) is 30.3 Å². The van der Waals surface area contributed by atoms with Gasteiger partial charge in [-0.15, -0.1) is 11.8 Å². The van der Waals surface area contributed by atoms with Crippen LogP contribution >= 0.6 is 46.6 Å². The molecule has 0 spiro atoms. The average Bonchev–Trinajstić information content (AvgIpc) is 2.46. The molecule has 1 aromatic carbocycles. The maximum Gasteiger partial charge on any atom is 0.265 e. The summed E-state index contributed by atoms with van der Waals surface area (Å²) in [5, 5.41) is 8.07. The molecule has 0 radical (unpaired) electrons. The van der Waals surface area contributed by atoms with Gasteiger partial charge in [-0.25, -0.2) is 0 Å². The zero-order chi connectivity index (χ0) is 15.3. The number of hydrogen-bond donors (Lipinski definition) is 1. The first-order chi connectivity index (χ1) is 9.97.